The van der Waals surface area contributed by atoms with Crippen molar-refractivity contribution in [1.82, 2.24) is 4.90 Å². The lowest BCUT2D eigenvalue weighted by Gasteiger charge is -2.36. The monoisotopic (exact) mass is 494 g/mol. The van der Waals surface area contributed by atoms with Gasteiger partial charge in [0.05, 0.1) is 19.4 Å². The van der Waals surface area contributed by atoms with Gasteiger partial charge in [-0.25, -0.2) is 4.79 Å². The highest BCUT2D eigenvalue weighted by atomic mass is 35.5. The van der Waals surface area contributed by atoms with Crippen molar-refractivity contribution in [1.29, 1.82) is 0 Å². The highest BCUT2D eigenvalue weighted by Crippen LogP contribution is 2.28. The molecule has 7 heteroatoms. The molecule has 0 amide bonds. The van der Waals surface area contributed by atoms with Gasteiger partial charge in [-0.1, -0.05) is 48.0 Å². The zero-order valence-corrected chi connectivity index (χ0v) is 20.7. The van der Waals surface area contributed by atoms with Crippen molar-refractivity contribution in [3.05, 3.63) is 88.9 Å². The molecule has 0 bridgehead atoms. The van der Waals surface area contributed by atoms with Crippen LogP contribution < -0.4 is 14.4 Å². The highest BCUT2D eigenvalue weighted by Gasteiger charge is 2.19. The summed E-state index contributed by atoms with van der Waals surface area (Å²) in [6.07, 6.45) is 0.784. The fourth-order valence-corrected chi connectivity index (χ4v) is 4.40. The normalized spacial score (nSPS) is 13.9. The zero-order chi connectivity index (χ0) is 24.5. The van der Waals surface area contributed by atoms with E-state index in [-0.39, 0.29) is 5.97 Å². The molecule has 184 valence electrons. The van der Waals surface area contributed by atoms with Crippen molar-refractivity contribution in [3.63, 3.8) is 0 Å². The molecule has 4 rings (SSSR count). The fourth-order valence-electron chi connectivity index (χ4n) is 4.18. The number of piperazine rings is 1. The number of rotatable bonds is 10. The molecule has 1 fully saturated rings. The minimum atomic E-state index is -0.368. The predicted octanol–water partition coefficient (Wildman–Crippen LogP) is 5.30. The summed E-state index contributed by atoms with van der Waals surface area (Å²) in [4.78, 5) is 17.4. The first-order valence-corrected chi connectivity index (χ1v) is 12.3. The second-order valence-corrected chi connectivity index (χ2v) is 8.84. The molecule has 3 aromatic carbocycles. The second kappa shape index (κ2) is 12.5. The van der Waals surface area contributed by atoms with Crippen LogP contribution >= 0.6 is 11.6 Å². The van der Waals surface area contributed by atoms with Gasteiger partial charge >= 0.3 is 5.97 Å². The summed E-state index contributed by atoms with van der Waals surface area (Å²) < 4.78 is 16.9. The van der Waals surface area contributed by atoms with Crippen LogP contribution in [0.5, 0.6) is 11.5 Å². The lowest BCUT2D eigenvalue weighted by Crippen LogP contribution is -2.46. The van der Waals surface area contributed by atoms with Gasteiger partial charge in [0.1, 0.15) is 23.7 Å². The number of carbonyl (C=O) groups excluding carboxylic acids is 1. The Morgan fingerprint density at radius 3 is 2.43 bits per heavy atom. The first kappa shape index (κ1) is 24.9. The van der Waals surface area contributed by atoms with E-state index in [1.54, 1.807) is 19.2 Å². The Kier molecular flexibility index (Phi) is 8.87. The summed E-state index contributed by atoms with van der Waals surface area (Å²) in [7, 11) is 1.71. The Morgan fingerprint density at radius 2 is 1.66 bits per heavy atom. The van der Waals surface area contributed by atoms with E-state index >= 15 is 0 Å². The van der Waals surface area contributed by atoms with E-state index in [9.17, 15) is 4.79 Å². The molecule has 0 unspecified atom stereocenters. The number of halogens is 1. The predicted molar refractivity (Wildman–Crippen MR) is 139 cm³/mol. The Morgan fingerprint density at radius 1 is 0.914 bits per heavy atom. The van der Waals surface area contributed by atoms with Crippen LogP contribution in [0.2, 0.25) is 5.02 Å². The number of nitrogens with zero attached hydrogens (tertiary/aromatic N) is 2. The van der Waals surface area contributed by atoms with Gasteiger partial charge in [-0.15, -0.1) is 0 Å². The summed E-state index contributed by atoms with van der Waals surface area (Å²) >= 11 is 6.04. The Bertz CT molecular complexity index is 1120. The molecular formula is C28H31ClN2O4. The molecular weight excluding hydrogens is 464 g/mol. The number of ether oxygens (including phenoxy) is 3. The molecule has 1 heterocycles. The maximum absolute atomic E-state index is 12.7. The van der Waals surface area contributed by atoms with Crippen LogP contribution in [0.15, 0.2) is 72.8 Å². The van der Waals surface area contributed by atoms with Gasteiger partial charge in [0.25, 0.3) is 0 Å². The smallest absolute Gasteiger partial charge is 0.341 e. The third-order valence-electron chi connectivity index (χ3n) is 6.04. The number of esters is 1. The van der Waals surface area contributed by atoms with Gasteiger partial charge in [-0.05, 0) is 48.4 Å². The van der Waals surface area contributed by atoms with E-state index in [1.165, 1.54) is 0 Å². The summed E-state index contributed by atoms with van der Waals surface area (Å²) in [5.41, 5.74) is 2.51. The first-order valence-electron chi connectivity index (χ1n) is 11.9. The molecule has 0 aliphatic carbocycles. The number of carbonyl (C=O) groups is 1. The maximum atomic E-state index is 12.7. The van der Waals surface area contributed by atoms with Crippen molar-refractivity contribution in [2.45, 2.75) is 13.0 Å². The average molecular weight is 495 g/mol. The van der Waals surface area contributed by atoms with Gasteiger partial charge in [-0.2, -0.15) is 0 Å². The largest absolute Gasteiger partial charge is 0.495 e. The number of methoxy groups -OCH3 is 1. The van der Waals surface area contributed by atoms with Crippen LogP contribution in [-0.2, 0) is 11.3 Å². The minimum Gasteiger partial charge on any atom is -0.495 e. The molecule has 1 aliphatic heterocycles. The molecule has 3 aromatic rings. The van der Waals surface area contributed by atoms with Crippen molar-refractivity contribution in [3.8, 4) is 11.5 Å². The number of hydrogen-bond acceptors (Lipinski definition) is 6. The summed E-state index contributed by atoms with van der Waals surface area (Å²) in [5, 5.41) is 0.653. The lowest BCUT2D eigenvalue weighted by atomic mass is 10.2. The number of anilines is 1. The van der Waals surface area contributed by atoms with E-state index in [0.717, 1.165) is 56.1 Å². The quantitative estimate of drug-likeness (QED) is 0.282. The van der Waals surface area contributed by atoms with E-state index in [0.29, 0.717) is 29.5 Å². The topological polar surface area (TPSA) is 51.2 Å². The van der Waals surface area contributed by atoms with Crippen LogP contribution in [0.25, 0.3) is 0 Å². The maximum Gasteiger partial charge on any atom is 0.341 e. The molecule has 35 heavy (non-hydrogen) atoms. The standard InChI is InChI=1S/C28H31ClN2O4/c1-33-27-13-5-3-11-25(27)31-17-15-30(16-18-31)14-7-19-34-28(32)24-10-2-4-12-26(24)35-21-22-8-6-9-23(29)20-22/h2-6,8-13,20H,7,14-19,21H2,1H3. The summed E-state index contributed by atoms with van der Waals surface area (Å²) in [5.74, 6) is 1.04. The van der Waals surface area contributed by atoms with Crippen molar-refractivity contribution in [2.24, 2.45) is 0 Å². The summed E-state index contributed by atoms with van der Waals surface area (Å²) in [6, 6.07) is 22.8. The van der Waals surface area contributed by atoms with Crippen LogP contribution in [0.1, 0.15) is 22.3 Å². The Balaban J connectivity index is 1.20. The molecule has 0 radical (unpaired) electrons. The SMILES string of the molecule is COc1ccccc1N1CCN(CCCOC(=O)c2ccccc2OCc2cccc(Cl)c2)CC1. The molecule has 0 aromatic heterocycles. The van der Waals surface area contributed by atoms with Crippen molar-refractivity contribution < 1.29 is 19.0 Å². The van der Waals surface area contributed by atoms with Crippen LogP contribution in [0, 0.1) is 0 Å². The Labute approximate surface area is 212 Å². The summed E-state index contributed by atoms with van der Waals surface area (Å²) in [6.45, 7) is 5.40. The number of hydrogen-bond donors (Lipinski definition) is 0. The molecule has 0 atom stereocenters. The molecule has 0 N–H and O–H groups in total. The average Bonchev–Trinajstić information content (AvgIpc) is 2.90. The van der Waals surface area contributed by atoms with Crippen molar-refractivity contribution >= 4 is 23.3 Å². The van der Waals surface area contributed by atoms with E-state index < -0.39 is 0 Å². The fraction of sp³-hybridized carbons (Fsp3) is 0.321. The van der Waals surface area contributed by atoms with Gasteiger partial charge in [0, 0.05) is 37.7 Å². The van der Waals surface area contributed by atoms with Crippen LogP contribution in [0.3, 0.4) is 0 Å². The molecule has 0 spiro atoms. The minimum absolute atomic E-state index is 0.325. The number of benzene rings is 3. The third kappa shape index (κ3) is 6.90. The molecule has 6 nitrogen and oxygen atoms in total. The highest BCUT2D eigenvalue weighted by molar-refractivity contribution is 6.30. The van der Waals surface area contributed by atoms with Crippen LogP contribution in [-0.4, -0.2) is 57.3 Å². The van der Waals surface area contributed by atoms with Crippen molar-refractivity contribution in [2.75, 3.05) is 51.3 Å². The lowest BCUT2D eigenvalue weighted by molar-refractivity contribution is 0.0482. The number of para-hydroxylation sites is 3. The third-order valence-corrected chi connectivity index (χ3v) is 6.28. The molecule has 1 aliphatic rings. The van der Waals surface area contributed by atoms with E-state index in [4.69, 9.17) is 25.8 Å². The second-order valence-electron chi connectivity index (χ2n) is 8.40. The first-order chi connectivity index (χ1) is 17.1. The molecule has 0 saturated carbocycles. The zero-order valence-electron chi connectivity index (χ0n) is 20.0. The van der Waals surface area contributed by atoms with Crippen LogP contribution in [0.4, 0.5) is 5.69 Å². The van der Waals surface area contributed by atoms with Gasteiger partial charge in [0.15, 0.2) is 0 Å². The van der Waals surface area contributed by atoms with E-state index in [2.05, 4.69) is 15.9 Å². The Hall–Kier alpha value is -3.22. The van der Waals surface area contributed by atoms with E-state index in [1.807, 2.05) is 54.6 Å². The molecule has 1 saturated heterocycles. The van der Waals surface area contributed by atoms with Gasteiger partial charge < -0.3 is 19.1 Å². The van der Waals surface area contributed by atoms with Gasteiger partial charge in [0.2, 0.25) is 0 Å². The van der Waals surface area contributed by atoms with Gasteiger partial charge in [-0.3, -0.25) is 4.90 Å².